The zero-order valence-electron chi connectivity index (χ0n) is 24.2. The molecule has 2 aromatic heterocycles. The molecule has 2 atom stereocenters. The van der Waals surface area contributed by atoms with Gasteiger partial charge in [-0.3, -0.25) is 9.55 Å². The lowest BCUT2D eigenvalue weighted by molar-refractivity contribution is 0.475. The van der Waals surface area contributed by atoms with E-state index in [0.717, 1.165) is 36.1 Å². The number of aryl methyl sites for hydroxylation is 2. The number of imidazole rings is 1. The molecule has 0 aliphatic heterocycles. The third kappa shape index (κ3) is 8.86. The second-order valence-electron chi connectivity index (χ2n) is 10.0. The van der Waals surface area contributed by atoms with Gasteiger partial charge < -0.3 is 10.8 Å². The molecule has 0 saturated carbocycles. The van der Waals surface area contributed by atoms with Gasteiger partial charge in [-0.2, -0.15) is 0 Å². The van der Waals surface area contributed by atoms with Crippen LogP contribution >= 0.6 is 0 Å². The molecule has 3 N–H and O–H groups in total. The molecule has 3 aromatic rings. The van der Waals surface area contributed by atoms with Crippen molar-refractivity contribution >= 4 is 18.1 Å². The van der Waals surface area contributed by atoms with Crippen molar-refractivity contribution in [3.05, 3.63) is 70.9 Å². The minimum atomic E-state index is 0.329. The highest BCUT2D eigenvalue weighted by molar-refractivity contribution is 5.91. The third-order valence-corrected chi connectivity index (χ3v) is 6.92. The first-order chi connectivity index (χ1) is 18.2. The summed E-state index contributed by atoms with van der Waals surface area (Å²) < 4.78 is 2.01. The Balaban J connectivity index is 0.000000538. The molecule has 2 unspecified atom stereocenters. The molecule has 6 heteroatoms. The fourth-order valence-corrected chi connectivity index (χ4v) is 4.60. The number of nitrogens with zero attached hydrogens (tertiary/aromatic N) is 4. The van der Waals surface area contributed by atoms with Gasteiger partial charge in [-0.1, -0.05) is 77.7 Å². The summed E-state index contributed by atoms with van der Waals surface area (Å²) in [5.41, 5.74) is 9.91. The van der Waals surface area contributed by atoms with Gasteiger partial charge in [-0.05, 0) is 69.2 Å². The molecule has 6 nitrogen and oxygen atoms in total. The minimum absolute atomic E-state index is 0.329. The number of benzene rings is 1. The van der Waals surface area contributed by atoms with E-state index >= 15 is 0 Å². The summed E-state index contributed by atoms with van der Waals surface area (Å²) in [6.45, 7) is 17.2. The van der Waals surface area contributed by atoms with Crippen LogP contribution < -0.4 is 16.4 Å². The second-order valence-corrected chi connectivity index (χ2v) is 10.0. The van der Waals surface area contributed by atoms with Crippen LogP contribution in [0.15, 0.2) is 53.8 Å². The van der Waals surface area contributed by atoms with E-state index in [9.17, 15) is 0 Å². The van der Waals surface area contributed by atoms with E-state index in [4.69, 9.17) is 20.8 Å². The minimum Gasteiger partial charge on any atom is -0.508 e. The van der Waals surface area contributed by atoms with Gasteiger partial charge in [0.15, 0.2) is 5.82 Å². The van der Waals surface area contributed by atoms with Crippen LogP contribution in [-0.2, 0) is 0 Å². The average molecular weight is 518 g/mol. The van der Waals surface area contributed by atoms with Gasteiger partial charge >= 0.3 is 0 Å². The summed E-state index contributed by atoms with van der Waals surface area (Å²) in [6.07, 6.45) is 11.8. The van der Waals surface area contributed by atoms with Crippen molar-refractivity contribution in [2.75, 3.05) is 0 Å². The maximum atomic E-state index is 8.76. The highest BCUT2D eigenvalue weighted by atomic mass is 16.3. The molecule has 0 aliphatic rings. The molecule has 1 aromatic carbocycles. The lowest BCUT2D eigenvalue weighted by atomic mass is 9.84. The van der Waals surface area contributed by atoms with E-state index in [1.807, 2.05) is 42.7 Å². The second kappa shape index (κ2) is 15.8. The zero-order chi connectivity index (χ0) is 28.1. The SMILES string of the molecule is C=c1/c(=C(N)\N=C(/C(C)CC)C(CCC)CCCCC)nc(C)n1-c1ccncc1.Cc1ccc(O)cc1. The topological polar surface area (TPSA) is 89.3 Å². The van der Waals surface area contributed by atoms with Gasteiger partial charge in [-0.15, -0.1) is 0 Å². The lowest BCUT2D eigenvalue weighted by Crippen LogP contribution is -2.33. The molecule has 0 fully saturated rings. The highest BCUT2D eigenvalue weighted by Gasteiger charge is 2.20. The highest BCUT2D eigenvalue weighted by Crippen LogP contribution is 2.24. The molecule has 3 rings (SSSR count). The Morgan fingerprint density at radius 1 is 1.00 bits per heavy atom. The maximum absolute atomic E-state index is 8.76. The van der Waals surface area contributed by atoms with Crippen LogP contribution in [0.5, 0.6) is 5.75 Å². The summed E-state index contributed by atoms with van der Waals surface area (Å²) in [4.78, 5) is 13.8. The molecule has 0 spiro atoms. The third-order valence-electron chi connectivity index (χ3n) is 6.92. The number of hydrogen-bond donors (Lipinski definition) is 2. The number of hydrogen-bond acceptors (Lipinski definition) is 5. The summed E-state index contributed by atoms with van der Waals surface area (Å²) in [6, 6.07) is 11.0. The summed E-state index contributed by atoms with van der Waals surface area (Å²) in [5.74, 6) is 2.53. The van der Waals surface area contributed by atoms with Crippen LogP contribution in [0.2, 0.25) is 0 Å². The average Bonchev–Trinajstić information content (AvgIpc) is 3.22. The van der Waals surface area contributed by atoms with Gasteiger partial charge in [0.2, 0.25) is 0 Å². The Hall–Kier alpha value is -3.41. The number of nitrogens with two attached hydrogens (primary N) is 1. The van der Waals surface area contributed by atoms with Crippen molar-refractivity contribution in [3.63, 3.8) is 0 Å². The van der Waals surface area contributed by atoms with E-state index in [1.54, 1.807) is 24.5 Å². The Morgan fingerprint density at radius 3 is 2.21 bits per heavy atom. The lowest BCUT2D eigenvalue weighted by Gasteiger charge is -2.23. The Bertz CT molecular complexity index is 1220. The van der Waals surface area contributed by atoms with Crippen LogP contribution in [-0.4, -0.2) is 25.4 Å². The maximum Gasteiger partial charge on any atom is 0.151 e. The standard InChI is InChI=1S/C25H39N5.C7H8O/c1-7-10-11-13-21(12-8-2)23(18(4)9-3)29-25(26)24-19(5)30(20(6)28-24)22-14-16-27-17-15-22;1-6-2-4-7(8)5-3-6/h14-18,21H,5,7-13,26H2,1-4,6H3;2-5,8H,1H3/b25-24+,29-23+;. The molecule has 2 heterocycles. The Kier molecular flexibility index (Phi) is 12.8. The van der Waals surface area contributed by atoms with Gasteiger partial charge in [0.05, 0.1) is 11.0 Å². The molecule has 38 heavy (non-hydrogen) atoms. The number of pyridine rings is 1. The first-order valence-electron chi connectivity index (χ1n) is 14.0. The number of aromatic hydroxyl groups is 1. The number of phenols is 1. The van der Waals surface area contributed by atoms with Crippen LogP contribution in [0, 0.1) is 25.7 Å². The molecule has 0 aliphatic carbocycles. The zero-order valence-corrected chi connectivity index (χ0v) is 24.2. The molecule has 0 amide bonds. The first kappa shape index (κ1) is 30.8. The predicted octanol–water partition coefficient (Wildman–Crippen LogP) is 6.19. The molecule has 206 valence electrons. The van der Waals surface area contributed by atoms with Crippen LogP contribution in [0.25, 0.3) is 18.1 Å². The Labute approximate surface area is 229 Å². The molecule has 0 radical (unpaired) electrons. The van der Waals surface area contributed by atoms with Crippen LogP contribution in [0.3, 0.4) is 0 Å². The smallest absolute Gasteiger partial charge is 0.151 e. The first-order valence-corrected chi connectivity index (χ1v) is 14.0. The predicted molar refractivity (Wildman–Crippen MR) is 161 cm³/mol. The van der Waals surface area contributed by atoms with Gasteiger partial charge in [0, 0.05) is 18.1 Å². The fraction of sp³-hybridized carbons (Fsp3) is 0.469. The van der Waals surface area contributed by atoms with Gasteiger partial charge in [0.1, 0.15) is 16.9 Å². The summed E-state index contributed by atoms with van der Waals surface area (Å²) >= 11 is 0. The Morgan fingerprint density at radius 2 is 1.66 bits per heavy atom. The van der Waals surface area contributed by atoms with E-state index < -0.39 is 0 Å². The van der Waals surface area contributed by atoms with Crippen molar-refractivity contribution in [1.29, 1.82) is 0 Å². The number of aromatic nitrogens is 3. The monoisotopic (exact) mass is 517 g/mol. The molecular weight excluding hydrogens is 470 g/mol. The largest absolute Gasteiger partial charge is 0.508 e. The summed E-state index contributed by atoms with van der Waals surface area (Å²) in [5, 5.41) is 10.2. The molecule has 0 bridgehead atoms. The van der Waals surface area contributed by atoms with Crippen molar-refractivity contribution in [2.24, 2.45) is 22.6 Å². The van der Waals surface area contributed by atoms with Crippen molar-refractivity contribution < 1.29 is 5.11 Å². The molecular formula is C32H47N5O. The van der Waals surface area contributed by atoms with Crippen molar-refractivity contribution in [3.8, 4) is 11.4 Å². The van der Waals surface area contributed by atoms with E-state index in [2.05, 4.69) is 39.3 Å². The molecule has 0 saturated heterocycles. The van der Waals surface area contributed by atoms with E-state index in [-0.39, 0.29) is 0 Å². The van der Waals surface area contributed by atoms with E-state index in [1.165, 1.54) is 37.0 Å². The van der Waals surface area contributed by atoms with Gasteiger partial charge in [-0.25, -0.2) is 9.98 Å². The number of rotatable bonds is 11. The fourth-order valence-electron chi connectivity index (χ4n) is 4.60. The number of phenolic OH excluding ortho intramolecular Hbond substituents is 1. The number of aliphatic imine (C=N–C) groups is 1. The van der Waals surface area contributed by atoms with E-state index in [0.29, 0.717) is 28.8 Å². The number of unbranched alkanes of at least 4 members (excludes halogenated alkanes) is 2. The van der Waals surface area contributed by atoms with Crippen LogP contribution in [0.4, 0.5) is 0 Å². The quantitative estimate of drug-likeness (QED) is 0.234. The van der Waals surface area contributed by atoms with Crippen LogP contribution in [0.1, 0.15) is 84.0 Å². The van der Waals surface area contributed by atoms with Gasteiger partial charge in [0.25, 0.3) is 0 Å². The normalized spacial score (nSPS) is 13.9. The van der Waals surface area contributed by atoms with Crippen molar-refractivity contribution in [1.82, 2.24) is 14.5 Å². The van der Waals surface area contributed by atoms with Crippen molar-refractivity contribution in [2.45, 2.75) is 86.5 Å². The summed E-state index contributed by atoms with van der Waals surface area (Å²) in [7, 11) is 0.